The highest BCUT2D eigenvalue weighted by molar-refractivity contribution is 6.30. The number of rotatable bonds is 7. The van der Waals surface area contributed by atoms with Crippen LogP contribution in [0.2, 0.25) is 5.02 Å². The van der Waals surface area contributed by atoms with E-state index in [1.54, 1.807) is 11.0 Å². The molecule has 0 radical (unpaired) electrons. The Bertz CT molecular complexity index is 1180. The summed E-state index contributed by atoms with van der Waals surface area (Å²) in [7, 11) is 1.50. The molecule has 10 nitrogen and oxygen atoms in total. The first-order valence-corrected chi connectivity index (χ1v) is 10.6. The molecular weight excluding hydrogens is 448 g/mol. The first-order chi connectivity index (χ1) is 16.0. The van der Waals surface area contributed by atoms with Gasteiger partial charge in [0.15, 0.2) is 6.61 Å². The minimum Gasteiger partial charge on any atom is -0.482 e. The van der Waals surface area contributed by atoms with Gasteiger partial charge in [0.05, 0.1) is 23.3 Å². The summed E-state index contributed by atoms with van der Waals surface area (Å²) >= 11 is 5.90. The standard InChI is InChI=1S/C22H23ClN6O4/c1-32-11-19-22(31)28(10-14-2-3-17-18(6-14)26-13-27-21(17)24)4-5-29(19)20(30)12-33-16-7-15(23)8-25-9-16/h2-3,6-9,13,19H,4-5,10-12H2,1H3,(H2,24,26,27). The summed E-state index contributed by atoms with van der Waals surface area (Å²) in [5.41, 5.74) is 7.50. The number of pyridine rings is 1. The van der Waals surface area contributed by atoms with E-state index in [0.29, 0.717) is 41.7 Å². The van der Waals surface area contributed by atoms with E-state index in [-0.39, 0.29) is 25.0 Å². The van der Waals surface area contributed by atoms with Gasteiger partial charge in [-0.25, -0.2) is 9.97 Å². The van der Waals surface area contributed by atoms with Gasteiger partial charge < -0.3 is 25.0 Å². The number of nitrogen functional groups attached to an aromatic ring is 1. The molecule has 1 aliphatic heterocycles. The summed E-state index contributed by atoms with van der Waals surface area (Å²) in [5.74, 6) is 0.279. The summed E-state index contributed by atoms with van der Waals surface area (Å²) in [5, 5.41) is 1.17. The number of carbonyl (C=O) groups is 2. The van der Waals surface area contributed by atoms with Crippen molar-refractivity contribution in [2.45, 2.75) is 12.6 Å². The van der Waals surface area contributed by atoms with Gasteiger partial charge in [0.25, 0.3) is 5.91 Å². The fourth-order valence-corrected chi connectivity index (χ4v) is 3.92. The van der Waals surface area contributed by atoms with Gasteiger partial charge in [0.1, 0.15) is 23.9 Å². The number of amides is 2. The Morgan fingerprint density at radius 2 is 2.09 bits per heavy atom. The molecule has 2 aromatic heterocycles. The van der Waals surface area contributed by atoms with E-state index in [2.05, 4.69) is 15.0 Å². The molecular formula is C22H23ClN6O4. The first kappa shape index (κ1) is 22.7. The maximum atomic E-state index is 13.2. The van der Waals surface area contributed by atoms with Crippen LogP contribution in [0.15, 0.2) is 43.0 Å². The number of carbonyl (C=O) groups excluding carboxylic acids is 2. The number of ether oxygens (including phenoxy) is 2. The van der Waals surface area contributed by atoms with E-state index >= 15 is 0 Å². The van der Waals surface area contributed by atoms with E-state index in [1.165, 1.54) is 30.7 Å². The molecule has 11 heteroatoms. The molecule has 1 atom stereocenters. The van der Waals surface area contributed by atoms with Crippen LogP contribution < -0.4 is 10.5 Å². The van der Waals surface area contributed by atoms with Gasteiger partial charge in [-0.3, -0.25) is 14.6 Å². The van der Waals surface area contributed by atoms with Gasteiger partial charge in [0, 0.05) is 44.4 Å². The Hall–Kier alpha value is -3.50. The fourth-order valence-electron chi connectivity index (χ4n) is 3.75. The maximum absolute atomic E-state index is 13.2. The SMILES string of the molecule is COCC1C(=O)N(Cc2ccc3c(N)ncnc3c2)CCN1C(=O)COc1cncc(Cl)c1. The Morgan fingerprint density at radius 1 is 1.24 bits per heavy atom. The number of methoxy groups -OCH3 is 1. The van der Waals surface area contributed by atoms with Crippen molar-refractivity contribution in [3.05, 3.63) is 53.6 Å². The van der Waals surface area contributed by atoms with E-state index < -0.39 is 6.04 Å². The molecule has 4 rings (SSSR count). The highest BCUT2D eigenvalue weighted by Crippen LogP contribution is 2.21. The Labute approximate surface area is 195 Å². The third kappa shape index (κ3) is 5.12. The minimum atomic E-state index is -0.740. The highest BCUT2D eigenvalue weighted by Gasteiger charge is 2.37. The molecule has 1 unspecified atom stereocenters. The molecule has 1 aliphatic rings. The van der Waals surface area contributed by atoms with Crippen LogP contribution >= 0.6 is 11.6 Å². The van der Waals surface area contributed by atoms with Crippen molar-refractivity contribution in [2.75, 3.05) is 39.1 Å². The molecule has 3 heterocycles. The van der Waals surface area contributed by atoms with Crippen LogP contribution in [0, 0.1) is 0 Å². The van der Waals surface area contributed by atoms with Gasteiger partial charge in [-0.1, -0.05) is 17.7 Å². The van der Waals surface area contributed by atoms with Gasteiger partial charge in [0.2, 0.25) is 5.91 Å². The van der Waals surface area contributed by atoms with Crippen molar-refractivity contribution in [1.29, 1.82) is 0 Å². The van der Waals surface area contributed by atoms with Crippen molar-refractivity contribution in [3.8, 4) is 5.75 Å². The third-order valence-corrected chi connectivity index (χ3v) is 5.58. The Balaban J connectivity index is 1.44. The average molecular weight is 471 g/mol. The molecule has 0 spiro atoms. The van der Waals surface area contributed by atoms with Crippen LogP contribution in [0.25, 0.3) is 10.9 Å². The lowest BCUT2D eigenvalue weighted by molar-refractivity contribution is -0.155. The number of anilines is 1. The van der Waals surface area contributed by atoms with E-state index in [9.17, 15) is 9.59 Å². The number of hydrogen-bond donors (Lipinski definition) is 1. The second kappa shape index (κ2) is 9.97. The normalized spacial score (nSPS) is 16.3. The monoisotopic (exact) mass is 470 g/mol. The minimum absolute atomic E-state index is 0.0846. The number of halogens is 1. The van der Waals surface area contributed by atoms with E-state index in [0.717, 1.165) is 10.9 Å². The molecule has 0 aliphatic carbocycles. The summed E-state index contributed by atoms with van der Waals surface area (Å²) < 4.78 is 10.7. The molecule has 1 aromatic carbocycles. The summed E-state index contributed by atoms with van der Waals surface area (Å²) in [6, 6.07) is 6.45. The molecule has 0 bridgehead atoms. The van der Waals surface area contributed by atoms with Crippen LogP contribution in [0.5, 0.6) is 5.75 Å². The van der Waals surface area contributed by atoms with Crippen LogP contribution in [-0.4, -0.2) is 76.0 Å². The molecule has 1 fully saturated rings. The Morgan fingerprint density at radius 3 is 2.88 bits per heavy atom. The number of benzene rings is 1. The molecule has 2 N–H and O–H groups in total. The summed E-state index contributed by atoms with van der Waals surface area (Å²) in [6.07, 6.45) is 4.35. The zero-order valence-corrected chi connectivity index (χ0v) is 18.7. The van der Waals surface area contributed by atoms with E-state index in [1.807, 2.05) is 18.2 Å². The number of nitrogens with zero attached hydrogens (tertiary/aromatic N) is 5. The first-order valence-electron chi connectivity index (χ1n) is 10.3. The molecule has 33 heavy (non-hydrogen) atoms. The van der Waals surface area contributed by atoms with Gasteiger partial charge in [-0.2, -0.15) is 0 Å². The predicted octanol–water partition coefficient (Wildman–Crippen LogP) is 1.53. The Kier molecular flexibility index (Phi) is 6.85. The van der Waals surface area contributed by atoms with Crippen LogP contribution in [0.1, 0.15) is 5.56 Å². The van der Waals surface area contributed by atoms with Crippen LogP contribution in [-0.2, 0) is 20.9 Å². The molecule has 0 saturated carbocycles. The quantitative estimate of drug-likeness (QED) is 0.551. The number of hydrogen-bond acceptors (Lipinski definition) is 8. The highest BCUT2D eigenvalue weighted by atomic mass is 35.5. The molecule has 3 aromatic rings. The van der Waals surface area contributed by atoms with Gasteiger partial charge in [-0.05, 0) is 17.7 Å². The fraction of sp³-hybridized carbons (Fsp3) is 0.318. The zero-order valence-electron chi connectivity index (χ0n) is 18.0. The van der Waals surface area contributed by atoms with E-state index in [4.69, 9.17) is 26.8 Å². The maximum Gasteiger partial charge on any atom is 0.261 e. The van der Waals surface area contributed by atoms with Crippen molar-refractivity contribution in [2.24, 2.45) is 0 Å². The van der Waals surface area contributed by atoms with Crippen molar-refractivity contribution in [1.82, 2.24) is 24.8 Å². The molecule has 1 saturated heterocycles. The van der Waals surface area contributed by atoms with Crippen LogP contribution in [0.4, 0.5) is 5.82 Å². The molecule has 172 valence electrons. The smallest absolute Gasteiger partial charge is 0.261 e. The second-order valence-corrected chi connectivity index (χ2v) is 7.99. The average Bonchev–Trinajstić information content (AvgIpc) is 2.80. The predicted molar refractivity (Wildman–Crippen MR) is 121 cm³/mol. The lowest BCUT2D eigenvalue weighted by atomic mass is 10.1. The largest absolute Gasteiger partial charge is 0.482 e. The summed E-state index contributed by atoms with van der Waals surface area (Å²) in [6.45, 7) is 0.972. The number of nitrogens with two attached hydrogens (primary N) is 1. The third-order valence-electron chi connectivity index (χ3n) is 5.38. The summed E-state index contributed by atoms with van der Waals surface area (Å²) in [4.78, 5) is 41.4. The number of fused-ring (bicyclic) bond motifs is 1. The lowest BCUT2D eigenvalue weighted by Gasteiger charge is -2.40. The topological polar surface area (TPSA) is 124 Å². The number of piperazine rings is 1. The zero-order chi connectivity index (χ0) is 23.4. The van der Waals surface area contributed by atoms with Crippen molar-refractivity contribution >= 4 is 40.1 Å². The van der Waals surface area contributed by atoms with Gasteiger partial charge in [-0.15, -0.1) is 0 Å². The van der Waals surface area contributed by atoms with Crippen molar-refractivity contribution < 1.29 is 19.1 Å². The van der Waals surface area contributed by atoms with Gasteiger partial charge >= 0.3 is 0 Å². The van der Waals surface area contributed by atoms with Crippen LogP contribution in [0.3, 0.4) is 0 Å². The molecule has 2 amide bonds. The number of aromatic nitrogens is 3. The second-order valence-electron chi connectivity index (χ2n) is 7.56. The lowest BCUT2D eigenvalue weighted by Crippen LogP contribution is -2.60. The van der Waals surface area contributed by atoms with Crippen molar-refractivity contribution in [3.63, 3.8) is 0 Å².